The number of imide groups is 2. The fourth-order valence-electron chi connectivity index (χ4n) is 2.79. The third-order valence-corrected chi connectivity index (χ3v) is 4.24. The molecule has 0 saturated carbocycles. The van der Waals surface area contributed by atoms with Crippen molar-refractivity contribution in [1.82, 2.24) is 5.32 Å². The number of aliphatic imine (C=N–C) groups is 1. The average Bonchev–Trinajstić information content (AvgIpc) is 2.71. The van der Waals surface area contributed by atoms with E-state index in [1.54, 1.807) is 37.4 Å². The van der Waals surface area contributed by atoms with Crippen LogP contribution in [0.5, 0.6) is 11.5 Å². The van der Waals surface area contributed by atoms with Gasteiger partial charge in [-0.2, -0.15) is 0 Å². The highest BCUT2D eigenvalue weighted by Crippen LogP contribution is 2.23. The van der Waals surface area contributed by atoms with Gasteiger partial charge in [-0.05, 0) is 30.3 Å². The first kappa shape index (κ1) is 19.1. The maximum atomic E-state index is 12.8. The number of carbonyl (C=O) groups is 3. The highest BCUT2D eigenvalue weighted by atomic mass is 16.5. The normalized spacial score (nSPS) is 17.0. The molecule has 28 heavy (non-hydrogen) atoms. The van der Waals surface area contributed by atoms with Crippen LogP contribution in [0.3, 0.4) is 0 Å². The van der Waals surface area contributed by atoms with Gasteiger partial charge in [-0.15, -0.1) is 0 Å². The number of methoxy groups -OCH3 is 2. The molecule has 1 N–H and O–H groups in total. The monoisotopic (exact) mass is 381 g/mol. The van der Waals surface area contributed by atoms with E-state index in [4.69, 9.17) is 9.47 Å². The number of urea groups is 1. The van der Waals surface area contributed by atoms with Gasteiger partial charge in [-0.3, -0.25) is 19.9 Å². The second-order valence-corrected chi connectivity index (χ2v) is 5.95. The van der Waals surface area contributed by atoms with Crippen molar-refractivity contribution in [2.45, 2.75) is 6.54 Å². The van der Waals surface area contributed by atoms with E-state index in [9.17, 15) is 14.4 Å². The molecule has 1 aliphatic heterocycles. The minimum atomic E-state index is -1.20. The Morgan fingerprint density at radius 2 is 1.75 bits per heavy atom. The summed E-state index contributed by atoms with van der Waals surface area (Å²) >= 11 is 0. The molecule has 0 radical (unpaired) electrons. The van der Waals surface area contributed by atoms with Crippen LogP contribution in [-0.4, -0.2) is 38.3 Å². The first-order chi connectivity index (χ1) is 13.5. The Balaban J connectivity index is 1.79. The van der Waals surface area contributed by atoms with Crippen molar-refractivity contribution in [3.05, 3.63) is 54.1 Å². The Bertz CT molecular complexity index is 924. The quantitative estimate of drug-likeness (QED) is 0.611. The molecule has 0 aliphatic carbocycles. The summed E-state index contributed by atoms with van der Waals surface area (Å²) in [5.41, 5.74) is 1.15. The van der Waals surface area contributed by atoms with E-state index in [0.29, 0.717) is 17.2 Å². The van der Waals surface area contributed by atoms with Crippen LogP contribution < -0.4 is 19.7 Å². The highest BCUT2D eigenvalue weighted by molar-refractivity contribution is 6.32. The molecule has 0 unspecified atom stereocenters. The van der Waals surface area contributed by atoms with Crippen molar-refractivity contribution in [3.8, 4) is 11.5 Å². The van der Waals surface area contributed by atoms with Gasteiger partial charge in [0.05, 0.1) is 26.5 Å². The van der Waals surface area contributed by atoms with E-state index in [1.165, 1.54) is 13.3 Å². The van der Waals surface area contributed by atoms with E-state index in [1.807, 2.05) is 18.2 Å². The summed E-state index contributed by atoms with van der Waals surface area (Å²) in [6.07, 6.45) is 1.26. The molecule has 0 aromatic heterocycles. The third-order valence-electron chi connectivity index (χ3n) is 4.24. The summed E-state index contributed by atoms with van der Waals surface area (Å²) in [6, 6.07) is 12.9. The minimum Gasteiger partial charge on any atom is -0.497 e. The number of carbonyl (C=O) groups excluding carboxylic acids is 3. The van der Waals surface area contributed by atoms with Crippen LogP contribution in [0.15, 0.2) is 53.5 Å². The maximum Gasteiger partial charge on any atom is 0.335 e. The molecule has 0 bridgehead atoms. The summed E-state index contributed by atoms with van der Waals surface area (Å²) in [4.78, 5) is 42.2. The van der Waals surface area contributed by atoms with Crippen LogP contribution in [0.4, 0.5) is 10.5 Å². The van der Waals surface area contributed by atoms with Crippen molar-refractivity contribution in [1.29, 1.82) is 0 Å². The first-order valence-corrected chi connectivity index (χ1v) is 8.50. The molecule has 1 saturated heterocycles. The number of rotatable bonds is 6. The van der Waals surface area contributed by atoms with Crippen LogP contribution >= 0.6 is 0 Å². The molecule has 1 fully saturated rings. The van der Waals surface area contributed by atoms with Gasteiger partial charge in [-0.25, -0.2) is 9.69 Å². The van der Waals surface area contributed by atoms with Crippen LogP contribution in [0.1, 0.15) is 5.56 Å². The Morgan fingerprint density at radius 1 is 1.04 bits per heavy atom. The zero-order valence-corrected chi connectivity index (χ0v) is 15.4. The molecule has 1 aliphatic rings. The highest BCUT2D eigenvalue weighted by Gasteiger charge is 2.40. The Kier molecular flexibility index (Phi) is 5.69. The number of benzene rings is 2. The summed E-state index contributed by atoms with van der Waals surface area (Å²) in [6.45, 7) is 0.234. The van der Waals surface area contributed by atoms with E-state index in [2.05, 4.69) is 10.3 Å². The van der Waals surface area contributed by atoms with Crippen LogP contribution in [-0.2, 0) is 16.1 Å². The number of nitrogens with one attached hydrogen (secondary N) is 1. The lowest BCUT2D eigenvalue weighted by atomic mass is 10.1. The molecular formula is C20H19N3O5. The predicted octanol–water partition coefficient (Wildman–Crippen LogP) is 2.17. The van der Waals surface area contributed by atoms with Gasteiger partial charge < -0.3 is 9.47 Å². The smallest absolute Gasteiger partial charge is 0.335 e. The standard InChI is InChI=1S/C20H19N3O5/c1-27-15-9-7-14(8-10-15)23-19(25)16(18(24)22-20(23)26)12-21-11-13-5-3-4-6-17(13)28-2/h3-10,12,16H,11H2,1-2H3,(H,22,24,26)/t16-/m1/s1. The Labute approximate surface area is 161 Å². The van der Waals surface area contributed by atoms with Gasteiger partial charge in [0.1, 0.15) is 11.5 Å². The fraction of sp³-hybridized carbons (Fsp3) is 0.200. The summed E-state index contributed by atoms with van der Waals surface area (Å²) in [7, 11) is 3.07. The second-order valence-electron chi connectivity index (χ2n) is 5.95. The Hall–Kier alpha value is -3.68. The molecule has 1 atom stereocenters. The SMILES string of the molecule is COc1ccc(N2C(=O)NC(=O)[C@@H](C=NCc3ccccc3OC)C2=O)cc1. The molecular weight excluding hydrogens is 362 g/mol. The van der Waals surface area contributed by atoms with Crippen LogP contribution in [0.2, 0.25) is 0 Å². The summed E-state index contributed by atoms with van der Waals surface area (Å²) in [5, 5.41) is 2.19. The van der Waals surface area contributed by atoms with Gasteiger partial charge >= 0.3 is 6.03 Å². The van der Waals surface area contributed by atoms with Gasteiger partial charge in [0, 0.05) is 11.8 Å². The number of anilines is 1. The largest absolute Gasteiger partial charge is 0.497 e. The zero-order valence-electron chi connectivity index (χ0n) is 15.4. The van der Waals surface area contributed by atoms with E-state index in [0.717, 1.165) is 10.5 Å². The average molecular weight is 381 g/mol. The van der Waals surface area contributed by atoms with Gasteiger partial charge in [0.25, 0.3) is 5.91 Å². The minimum absolute atomic E-state index is 0.234. The Morgan fingerprint density at radius 3 is 2.43 bits per heavy atom. The predicted molar refractivity (Wildman–Crippen MR) is 103 cm³/mol. The van der Waals surface area contributed by atoms with Crippen molar-refractivity contribution < 1.29 is 23.9 Å². The van der Waals surface area contributed by atoms with E-state index < -0.39 is 23.8 Å². The molecule has 2 aromatic carbocycles. The number of barbiturate groups is 1. The molecule has 4 amide bonds. The van der Waals surface area contributed by atoms with Crippen LogP contribution in [0, 0.1) is 5.92 Å². The number of amides is 4. The van der Waals surface area contributed by atoms with Gasteiger partial charge in [0.2, 0.25) is 5.91 Å². The number of hydrogen-bond acceptors (Lipinski definition) is 6. The van der Waals surface area contributed by atoms with Crippen LogP contribution in [0.25, 0.3) is 0 Å². The molecule has 1 heterocycles. The number of para-hydroxylation sites is 1. The topological polar surface area (TPSA) is 97.3 Å². The third kappa shape index (κ3) is 3.85. The molecule has 0 spiro atoms. The lowest BCUT2D eigenvalue weighted by Crippen LogP contribution is -2.58. The molecule has 8 nitrogen and oxygen atoms in total. The molecule has 144 valence electrons. The van der Waals surface area contributed by atoms with Crippen molar-refractivity contribution in [2.75, 3.05) is 19.1 Å². The lowest BCUT2D eigenvalue weighted by molar-refractivity contribution is -0.131. The first-order valence-electron chi connectivity index (χ1n) is 8.50. The summed E-state index contributed by atoms with van der Waals surface area (Å²) in [5.74, 6) is -1.32. The van der Waals surface area contributed by atoms with Gasteiger partial charge in [-0.1, -0.05) is 18.2 Å². The second kappa shape index (κ2) is 8.34. The lowest BCUT2D eigenvalue weighted by Gasteiger charge is -2.28. The fourth-order valence-corrected chi connectivity index (χ4v) is 2.79. The maximum absolute atomic E-state index is 12.8. The molecule has 3 rings (SSSR count). The van der Waals surface area contributed by atoms with Crippen molar-refractivity contribution >= 4 is 29.7 Å². The van der Waals surface area contributed by atoms with Crippen molar-refractivity contribution in [2.24, 2.45) is 10.9 Å². The van der Waals surface area contributed by atoms with E-state index in [-0.39, 0.29) is 6.54 Å². The number of nitrogens with zero attached hydrogens (tertiary/aromatic N) is 2. The molecule has 2 aromatic rings. The van der Waals surface area contributed by atoms with Gasteiger partial charge in [0.15, 0.2) is 5.92 Å². The summed E-state index contributed by atoms with van der Waals surface area (Å²) < 4.78 is 10.3. The zero-order chi connectivity index (χ0) is 20.1. The number of hydrogen-bond donors (Lipinski definition) is 1. The van der Waals surface area contributed by atoms with E-state index >= 15 is 0 Å². The molecule has 8 heteroatoms. The number of ether oxygens (including phenoxy) is 2. The van der Waals surface area contributed by atoms with Crippen molar-refractivity contribution in [3.63, 3.8) is 0 Å².